The SMILES string of the molecule is CCOC(=O)C1=C(COCCN)NC2=C(C(=O)CC(C)(C)C2)C1C(F)(F)F. The van der Waals surface area contributed by atoms with Gasteiger partial charge >= 0.3 is 12.1 Å². The highest BCUT2D eigenvalue weighted by atomic mass is 19.4. The van der Waals surface area contributed by atoms with E-state index in [0.29, 0.717) is 0 Å². The lowest BCUT2D eigenvalue weighted by molar-refractivity contribution is -0.166. The fraction of sp³-hybridized carbons (Fsp3) is 0.667. The maximum atomic E-state index is 14.0. The van der Waals surface area contributed by atoms with Crippen molar-refractivity contribution in [3.8, 4) is 0 Å². The van der Waals surface area contributed by atoms with Crippen molar-refractivity contribution in [2.24, 2.45) is 17.1 Å². The van der Waals surface area contributed by atoms with Crippen molar-refractivity contribution in [2.45, 2.75) is 39.8 Å². The van der Waals surface area contributed by atoms with Crippen molar-refractivity contribution in [3.63, 3.8) is 0 Å². The first-order valence-corrected chi connectivity index (χ1v) is 8.79. The highest BCUT2D eigenvalue weighted by Crippen LogP contribution is 2.48. The minimum Gasteiger partial charge on any atom is -0.463 e. The Kier molecular flexibility index (Phi) is 6.36. The molecule has 27 heavy (non-hydrogen) atoms. The highest BCUT2D eigenvalue weighted by Gasteiger charge is 2.54. The van der Waals surface area contributed by atoms with E-state index in [1.807, 2.05) is 13.8 Å². The predicted molar refractivity (Wildman–Crippen MR) is 91.3 cm³/mol. The standard InChI is InChI=1S/C18H25F3N2O4/c1-4-27-16(25)14-11(9-26-6-5-22)23-10-7-17(2,3)8-12(24)13(10)15(14)18(19,20)21/h15,23H,4-9,22H2,1-3H3. The molecule has 0 aromatic rings. The van der Waals surface area contributed by atoms with Crippen LogP contribution in [0.15, 0.2) is 22.5 Å². The van der Waals surface area contributed by atoms with Crippen molar-refractivity contribution in [1.82, 2.24) is 5.32 Å². The summed E-state index contributed by atoms with van der Waals surface area (Å²) in [5.41, 5.74) is 4.02. The molecule has 0 saturated carbocycles. The molecule has 0 saturated heterocycles. The zero-order valence-electron chi connectivity index (χ0n) is 15.7. The molecule has 2 aliphatic rings. The van der Waals surface area contributed by atoms with Crippen LogP contribution in [-0.4, -0.2) is 44.3 Å². The quantitative estimate of drug-likeness (QED) is 0.534. The van der Waals surface area contributed by atoms with Crippen molar-refractivity contribution >= 4 is 11.8 Å². The number of nitrogens with one attached hydrogen (secondary N) is 1. The van der Waals surface area contributed by atoms with E-state index in [1.165, 1.54) is 6.92 Å². The molecule has 0 aromatic heterocycles. The third-order valence-electron chi connectivity index (χ3n) is 4.46. The summed E-state index contributed by atoms with van der Waals surface area (Å²) >= 11 is 0. The van der Waals surface area contributed by atoms with Crippen LogP contribution >= 0.6 is 0 Å². The summed E-state index contributed by atoms with van der Waals surface area (Å²) in [6.07, 6.45) is -4.58. The molecule has 0 amide bonds. The van der Waals surface area contributed by atoms with E-state index >= 15 is 0 Å². The summed E-state index contributed by atoms with van der Waals surface area (Å²) in [7, 11) is 0. The Balaban J connectivity index is 2.57. The maximum absolute atomic E-state index is 14.0. The van der Waals surface area contributed by atoms with E-state index in [1.54, 1.807) is 0 Å². The van der Waals surface area contributed by atoms with Gasteiger partial charge in [-0.3, -0.25) is 4.79 Å². The Morgan fingerprint density at radius 1 is 1.33 bits per heavy atom. The number of nitrogens with two attached hydrogens (primary N) is 1. The number of hydrogen-bond acceptors (Lipinski definition) is 6. The molecule has 152 valence electrons. The van der Waals surface area contributed by atoms with E-state index in [9.17, 15) is 22.8 Å². The maximum Gasteiger partial charge on any atom is 0.400 e. The molecule has 9 heteroatoms. The molecule has 1 aliphatic heterocycles. The summed E-state index contributed by atoms with van der Waals surface area (Å²) in [6.45, 7) is 5.08. The molecule has 1 unspecified atom stereocenters. The number of rotatable bonds is 6. The van der Waals surface area contributed by atoms with Gasteiger partial charge in [0.2, 0.25) is 0 Å². The number of dihydropyridines is 1. The van der Waals surface area contributed by atoms with E-state index in [2.05, 4.69) is 5.32 Å². The molecule has 0 radical (unpaired) electrons. The first-order chi connectivity index (χ1) is 12.5. The molecule has 1 aliphatic carbocycles. The Morgan fingerprint density at radius 3 is 2.56 bits per heavy atom. The van der Waals surface area contributed by atoms with Gasteiger partial charge in [0.1, 0.15) is 5.92 Å². The van der Waals surface area contributed by atoms with E-state index in [-0.39, 0.29) is 50.6 Å². The average molecular weight is 390 g/mol. The summed E-state index contributed by atoms with van der Waals surface area (Å²) in [6, 6.07) is 0. The monoisotopic (exact) mass is 390 g/mol. The van der Waals surface area contributed by atoms with Crippen LogP contribution in [0.2, 0.25) is 0 Å². The molecular formula is C18H25F3N2O4. The lowest BCUT2D eigenvalue weighted by Crippen LogP contribution is -2.45. The molecule has 1 atom stereocenters. The number of halogens is 3. The average Bonchev–Trinajstić information content (AvgIpc) is 2.51. The number of hydrogen-bond donors (Lipinski definition) is 2. The second-order valence-electron chi connectivity index (χ2n) is 7.39. The fourth-order valence-electron chi connectivity index (χ4n) is 3.50. The zero-order valence-corrected chi connectivity index (χ0v) is 15.7. The van der Waals surface area contributed by atoms with Gasteiger partial charge in [0, 0.05) is 24.2 Å². The lowest BCUT2D eigenvalue weighted by Gasteiger charge is -2.40. The lowest BCUT2D eigenvalue weighted by atomic mass is 9.70. The summed E-state index contributed by atoms with van der Waals surface area (Å²) in [5, 5.41) is 2.86. The molecule has 0 fully saturated rings. The zero-order chi connectivity index (χ0) is 20.4. The fourth-order valence-corrected chi connectivity index (χ4v) is 3.50. The molecule has 1 heterocycles. The minimum atomic E-state index is -4.82. The Bertz CT molecular complexity index is 681. The molecular weight excluding hydrogens is 365 g/mol. The normalized spacial score (nSPS) is 22.5. The number of allylic oxidation sites excluding steroid dienone is 2. The summed E-state index contributed by atoms with van der Waals surface area (Å²) in [4.78, 5) is 24.9. The highest BCUT2D eigenvalue weighted by molar-refractivity contribution is 6.02. The van der Waals surface area contributed by atoms with Gasteiger partial charge in [-0.25, -0.2) is 4.79 Å². The number of alkyl halides is 3. The number of carbonyl (C=O) groups excluding carboxylic acids is 2. The Hall–Kier alpha value is -1.87. The second-order valence-corrected chi connectivity index (χ2v) is 7.39. The van der Waals surface area contributed by atoms with Gasteiger partial charge in [0.05, 0.1) is 31.1 Å². The van der Waals surface area contributed by atoms with Crippen LogP contribution in [0.25, 0.3) is 0 Å². The number of Topliss-reactive ketones (excluding diaryl/α,β-unsaturated/α-hetero) is 1. The van der Waals surface area contributed by atoms with Crippen LogP contribution in [-0.2, 0) is 19.1 Å². The van der Waals surface area contributed by atoms with Gasteiger partial charge in [-0.2, -0.15) is 13.2 Å². The molecule has 3 N–H and O–H groups in total. The third-order valence-corrected chi connectivity index (χ3v) is 4.46. The molecule has 0 spiro atoms. The van der Waals surface area contributed by atoms with E-state index in [4.69, 9.17) is 15.2 Å². The number of esters is 1. The van der Waals surface area contributed by atoms with Crippen LogP contribution in [0.1, 0.15) is 33.6 Å². The molecule has 0 bridgehead atoms. The van der Waals surface area contributed by atoms with Crippen molar-refractivity contribution in [2.75, 3.05) is 26.4 Å². The minimum absolute atomic E-state index is 0.0186. The largest absolute Gasteiger partial charge is 0.463 e. The van der Waals surface area contributed by atoms with Gasteiger partial charge in [-0.05, 0) is 18.8 Å². The van der Waals surface area contributed by atoms with Crippen LogP contribution in [0.3, 0.4) is 0 Å². The number of ether oxygens (including phenoxy) is 2. The van der Waals surface area contributed by atoms with Crippen molar-refractivity contribution in [1.29, 1.82) is 0 Å². The molecule has 2 rings (SSSR count). The predicted octanol–water partition coefficient (Wildman–Crippen LogP) is 2.20. The van der Waals surface area contributed by atoms with Gasteiger partial charge in [-0.1, -0.05) is 13.8 Å². The first-order valence-electron chi connectivity index (χ1n) is 8.79. The topological polar surface area (TPSA) is 90.7 Å². The number of carbonyl (C=O) groups is 2. The smallest absolute Gasteiger partial charge is 0.400 e. The van der Waals surface area contributed by atoms with Crippen LogP contribution in [0.5, 0.6) is 0 Å². The van der Waals surface area contributed by atoms with Crippen molar-refractivity contribution < 1.29 is 32.2 Å². The van der Waals surface area contributed by atoms with Gasteiger partial charge in [-0.15, -0.1) is 0 Å². The van der Waals surface area contributed by atoms with E-state index < -0.39 is 40.4 Å². The van der Waals surface area contributed by atoms with Crippen LogP contribution in [0, 0.1) is 11.3 Å². The summed E-state index contributed by atoms with van der Waals surface area (Å²) < 4.78 is 52.0. The molecule has 0 aromatic carbocycles. The Morgan fingerprint density at radius 2 is 2.00 bits per heavy atom. The first kappa shape index (κ1) is 21.4. The summed E-state index contributed by atoms with van der Waals surface area (Å²) in [5.74, 6) is -4.05. The second kappa shape index (κ2) is 8.02. The third kappa shape index (κ3) is 4.70. The van der Waals surface area contributed by atoms with Gasteiger partial charge in [0.25, 0.3) is 0 Å². The Labute approximate surface area is 155 Å². The molecule has 6 nitrogen and oxygen atoms in total. The van der Waals surface area contributed by atoms with Crippen molar-refractivity contribution in [3.05, 3.63) is 22.5 Å². The van der Waals surface area contributed by atoms with Crippen LogP contribution < -0.4 is 11.1 Å². The van der Waals surface area contributed by atoms with Gasteiger partial charge in [0.15, 0.2) is 5.78 Å². The number of ketones is 1. The van der Waals surface area contributed by atoms with E-state index in [0.717, 1.165) is 0 Å². The van der Waals surface area contributed by atoms with Crippen LogP contribution in [0.4, 0.5) is 13.2 Å². The van der Waals surface area contributed by atoms with Gasteiger partial charge < -0.3 is 20.5 Å².